The summed E-state index contributed by atoms with van der Waals surface area (Å²) in [5.41, 5.74) is 0.849. The third kappa shape index (κ3) is 7.37. The van der Waals surface area contributed by atoms with Crippen LogP contribution in [-0.4, -0.2) is 10.9 Å². The van der Waals surface area contributed by atoms with E-state index in [1.54, 1.807) is 0 Å². The van der Waals surface area contributed by atoms with E-state index >= 15 is 0 Å². The Kier molecular flexibility index (Phi) is 7.21. The Bertz CT molecular complexity index is 110. The monoisotopic (exact) mass is 157 g/mol. The molecule has 0 aromatic heterocycles. The molecule has 0 aromatic rings. The molecule has 0 aliphatic carbocycles. The first-order valence-electron chi connectivity index (χ1n) is 4.48. The highest BCUT2D eigenvalue weighted by molar-refractivity contribution is 5.81. The summed E-state index contributed by atoms with van der Waals surface area (Å²) in [5, 5.41) is 11.4. The van der Waals surface area contributed by atoms with Gasteiger partial charge in [-0.1, -0.05) is 37.8 Å². The zero-order valence-electron chi connectivity index (χ0n) is 7.64. The third-order valence-electron chi connectivity index (χ3n) is 1.81. The van der Waals surface area contributed by atoms with Crippen LogP contribution < -0.4 is 0 Å². The summed E-state index contributed by atoms with van der Waals surface area (Å²) in [6, 6.07) is 0. The van der Waals surface area contributed by atoms with Gasteiger partial charge in [-0.05, 0) is 19.8 Å². The molecule has 11 heavy (non-hydrogen) atoms. The highest BCUT2D eigenvalue weighted by Gasteiger charge is 1.92. The van der Waals surface area contributed by atoms with Crippen LogP contribution in [0.5, 0.6) is 0 Å². The Hall–Kier alpha value is -0.530. The van der Waals surface area contributed by atoms with Gasteiger partial charge >= 0.3 is 0 Å². The van der Waals surface area contributed by atoms with E-state index in [2.05, 4.69) is 12.1 Å². The van der Waals surface area contributed by atoms with E-state index in [-0.39, 0.29) is 0 Å². The predicted octanol–water partition coefficient (Wildman–Crippen LogP) is 3.20. The van der Waals surface area contributed by atoms with Crippen molar-refractivity contribution in [2.24, 2.45) is 5.16 Å². The van der Waals surface area contributed by atoms with Crippen molar-refractivity contribution in [3.8, 4) is 0 Å². The van der Waals surface area contributed by atoms with Gasteiger partial charge in [-0.15, -0.1) is 0 Å². The molecule has 0 radical (unpaired) electrons. The highest BCUT2D eigenvalue weighted by atomic mass is 16.4. The minimum absolute atomic E-state index is 0.849. The lowest BCUT2D eigenvalue weighted by atomic mass is 10.1. The molecule has 0 fully saturated rings. The maximum atomic E-state index is 8.33. The van der Waals surface area contributed by atoms with Crippen LogP contribution in [0.25, 0.3) is 0 Å². The van der Waals surface area contributed by atoms with Gasteiger partial charge in [0.15, 0.2) is 0 Å². The van der Waals surface area contributed by atoms with Gasteiger partial charge in [0, 0.05) is 0 Å². The lowest BCUT2D eigenvalue weighted by molar-refractivity contribution is 0.317. The molecule has 0 aliphatic rings. The van der Waals surface area contributed by atoms with Crippen LogP contribution in [0, 0.1) is 0 Å². The van der Waals surface area contributed by atoms with E-state index in [0.29, 0.717) is 0 Å². The van der Waals surface area contributed by atoms with Gasteiger partial charge in [0.2, 0.25) is 0 Å². The van der Waals surface area contributed by atoms with Gasteiger partial charge < -0.3 is 5.21 Å². The van der Waals surface area contributed by atoms with Crippen LogP contribution in [-0.2, 0) is 0 Å². The molecule has 0 aliphatic heterocycles. The first-order valence-corrected chi connectivity index (χ1v) is 4.48. The molecule has 2 heteroatoms. The average molecular weight is 157 g/mol. The second kappa shape index (κ2) is 7.58. The maximum absolute atomic E-state index is 8.33. The van der Waals surface area contributed by atoms with Crippen molar-refractivity contribution < 1.29 is 5.21 Å². The molecule has 0 saturated carbocycles. The van der Waals surface area contributed by atoms with Crippen molar-refractivity contribution in [3.05, 3.63) is 0 Å². The molecule has 0 spiro atoms. The number of nitrogens with zero attached hydrogens (tertiary/aromatic N) is 1. The molecule has 0 saturated heterocycles. The van der Waals surface area contributed by atoms with Crippen molar-refractivity contribution in [1.82, 2.24) is 0 Å². The molecule has 2 nitrogen and oxygen atoms in total. The lowest BCUT2D eigenvalue weighted by Crippen LogP contribution is -1.90. The molecular formula is C9H19NO. The van der Waals surface area contributed by atoms with Crippen LogP contribution in [0.4, 0.5) is 0 Å². The average Bonchev–Trinajstić information content (AvgIpc) is 2.04. The minimum atomic E-state index is 0.849. The van der Waals surface area contributed by atoms with Crippen molar-refractivity contribution in [1.29, 1.82) is 0 Å². The van der Waals surface area contributed by atoms with Gasteiger partial charge in [0.25, 0.3) is 0 Å². The van der Waals surface area contributed by atoms with Crippen molar-refractivity contribution in [3.63, 3.8) is 0 Å². The molecule has 0 aromatic carbocycles. The zero-order valence-corrected chi connectivity index (χ0v) is 7.64. The van der Waals surface area contributed by atoms with Crippen LogP contribution in [0.3, 0.4) is 0 Å². The fourth-order valence-corrected chi connectivity index (χ4v) is 1.03. The number of hydrogen-bond donors (Lipinski definition) is 1. The molecule has 0 bridgehead atoms. The normalized spacial score (nSPS) is 12.0. The summed E-state index contributed by atoms with van der Waals surface area (Å²) in [4.78, 5) is 0. The molecule has 0 heterocycles. The molecular weight excluding hydrogens is 138 g/mol. The number of hydrogen-bond acceptors (Lipinski definition) is 2. The third-order valence-corrected chi connectivity index (χ3v) is 1.81. The van der Waals surface area contributed by atoms with Crippen LogP contribution in [0.1, 0.15) is 52.4 Å². The fourth-order valence-electron chi connectivity index (χ4n) is 1.03. The molecule has 0 atom stereocenters. The van der Waals surface area contributed by atoms with Crippen molar-refractivity contribution >= 4 is 5.71 Å². The van der Waals surface area contributed by atoms with Crippen molar-refractivity contribution in [2.75, 3.05) is 0 Å². The Balaban J connectivity index is 3.02. The number of rotatable bonds is 6. The van der Waals surface area contributed by atoms with E-state index in [1.165, 1.54) is 25.7 Å². The first kappa shape index (κ1) is 10.5. The zero-order chi connectivity index (χ0) is 8.53. The quantitative estimate of drug-likeness (QED) is 0.273. The van der Waals surface area contributed by atoms with Crippen LogP contribution in [0.15, 0.2) is 5.16 Å². The van der Waals surface area contributed by atoms with Gasteiger partial charge in [0.05, 0.1) is 5.71 Å². The van der Waals surface area contributed by atoms with E-state index in [4.69, 9.17) is 5.21 Å². The number of unbranched alkanes of at least 4 members (excludes halogenated alkanes) is 4. The second-order valence-corrected chi connectivity index (χ2v) is 3.00. The first-order chi connectivity index (χ1) is 5.31. The minimum Gasteiger partial charge on any atom is -0.411 e. The van der Waals surface area contributed by atoms with Gasteiger partial charge in [-0.3, -0.25) is 0 Å². The molecule has 1 N–H and O–H groups in total. The Morgan fingerprint density at radius 3 is 2.36 bits per heavy atom. The summed E-state index contributed by atoms with van der Waals surface area (Å²) in [6.07, 6.45) is 7.30. The predicted molar refractivity (Wildman–Crippen MR) is 48.3 cm³/mol. The van der Waals surface area contributed by atoms with Gasteiger partial charge in [-0.25, -0.2) is 0 Å². The topological polar surface area (TPSA) is 32.6 Å². The largest absolute Gasteiger partial charge is 0.411 e. The molecule has 0 rings (SSSR count). The number of oxime groups is 1. The lowest BCUT2D eigenvalue weighted by Gasteiger charge is -1.98. The summed E-state index contributed by atoms with van der Waals surface area (Å²) >= 11 is 0. The van der Waals surface area contributed by atoms with Crippen molar-refractivity contribution in [2.45, 2.75) is 52.4 Å². The van der Waals surface area contributed by atoms with E-state index in [0.717, 1.165) is 18.6 Å². The maximum Gasteiger partial charge on any atom is 0.0540 e. The highest BCUT2D eigenvalue weighted by Crippen LogP contribution is 2.05. The van der Waals surface area contributed by atoms with E-state index in [1.807, 2.05) is 6.92 Å². The van der Waals surface area contributed by atoms with Crippen LogP contribution in [0.2, 0.25) is 0 Å². The standard InChI is InChI=1S/C9H19NO/c1-3-4-5-6-7-8-9(2)10-11/h11H,3-8H2,1-2H3/b10-9-. The summed E-state index contributed by atoms with van der Waals surface area (Å²) in [5.74, 6) is 0. The molecule has 0 amide bonds. The fraction of sp³-hybridized carbons (Fsp3) is 0.889. The SMILES string of the molecule is CCCCCCC/C(C)=N\O. The van der Waals surface area contributed by atoms with E-state index in [9.17, 15) is 0 Å². The van der Waals surface area contributed by atoms with Gasteiger partial charge in [-0.2, -0.15) is 0 Å². The van der Waals surface area contributed by atoms with Gasteiger partial charge in [0.1, 0.15) is 0 Å². The molecule has 66 valence electrons. The Morgan fingerprint density at radius 2 is 1.82 bits per heavy atom. The van der Waals surface area contributed by atoms with Crippen LogP contribution >= 0.6 is 0 Å². The summed E-state index contributed by atoms with van der Waals surface area (Å²) in [7, 11) is 0. The Labute approximate surface area is 69.3 Å². The smallest absolute Gasteiger partial charge is 0.0540 e. The molecule has 0 unspecified atom stereocenters. The Morgan fingerprint density at radius 1 is 1.18 bits per heavy atom. The van der Waals surface area contributed by atoms with E-state index < -0.39 is 0 Å². The summed E-state index contributed by atoms with van der Waals surface area (Å²) < 4.78 is 0. The second-order valence-electron chi connectivity index (χ2n) is 3.00. The summed E-state index contributed by atoms with van der Waals surface area (Å²) in [6.45, 7) is 4.07.